The van der Waals surface area contributed by atoms with Crippen LogP contribution in [0.2, 0.25) is 0 Å². The molecule has 10 heteroatoms. The Morgan fingerprint density at radius 2 is 1.45 bits per heavy atom. The van der Waals surface area contributed by atoms with Crippen LogP contribution >= 0.6 is 0 Å². The van der Waals surface area contributed by atoms with E-state index in [1.54, 1.807) is 16.8 Å². The minimum Gasteiger partial charge on any atom is -0.354 e. The molecule has 2 unspecified atom stereocenters. The van der Waals surface area contributed by atoms with Crippen molar-refractivity contribution in [2.24, 2.45) is 11.8 Å². The lowest BCUT2D eigenvalue weighted by Crippen LogP contribution is -2.40. The number of amides is 5. The number of nitrogens with zero attached hydrogens (tertiary/aromatic N) is 3. The molecule has 2 atom stereocenters. The first-order valence-corrected chi connectivity index (χ1v) is 10.2. The minimum atomic E-state index is -0.409. The van der Waals surface area contributed by atoms with Crippen LogP contribution in [0.4, 0.5) is 0 Å². The molecular weight excluding hydrogens is 378 g/mol. The molecule has 3 aliphatic heterocycles. The average Bonchev–Trinajstić information content (AvgIpc) is 3.35. The van der Waals surface area contributed by atoms with Crippen LogP contribution in [0.15, 0.2) is 0 Å². The van der Waals surface area contributed by atoms with E-state index in [0.29, 0.717) is 45.7 Å². The second-order valence-electron chi connectivity index (χ2n) is 7.98. The Morgan fingerprint density at radius 3 is 2.00 bits per heavy atom. The van der Waals surface area contributed by atoms with Gasteiger partial charge in [0.25, 0.3) is 0 Å². The Balaban J connectivity index is 1.34. The van der Waals surface area contributed by atoms with Crippen molar-refractivity contribution in [2.45, 2.75) is 25.7 Å². The number of hydrogen-bond donors (Lipinski definition) is 2. The van der Waals surface area contributed by atoms with Gasteiger partial charge in [0, 0.05) is 72.1 Å². The van der Waals surface area contributed by atoms with Gasteiger partial charge in [-0.25, -0.2) is 0 Å². The smallest absolute Gasteiger partial charge is 0.225 e. The van der Waals surface area contributed by atoms with Crippen molar-refractivity contribution in [1.82, 2.24) is 25.3 Å². The predicted octanol–water partition coefficient (Wildman–Crippen LogP) is -1.83. The summed E-state index contributed by atoms with van der Waals surface area (Å²) in [5.41, 5.74) is 0. The maximum absolute atomic E-state index is 12.3. The van der Waals surface area contributed by atoms with Crippen LogP contribution in [0.5, 0.6) is 0 Å². The maximum Gasteiger partial charge on any atom is 0.225 e. The normalized spacial score (nSPS) is 24.6. The van der Waals surface area contributed by atoms with Crippen molar-refractivity contribution in [1.29, 1.82) is 0 Å². The molecule has 0 radical (unpaired) electrons. The molecule has 5 amide bonds. The quantitative estimate of drug-likeness (QED) is 0.491. The van der Waals surface area contributed by atoms with E-state index >= 15 is 0 Å². The molecule has 0 bridgehead atoms. The number of rotatable bonds is 8. The van der Waals surface area contributed by atoms with E-state index in [2.05, 4.69) is 10.6 Å². The Labute approximate surface area is 169 Å². The van der Waals surface area contributed by atoms with Gasteiger partial charge in [-0.15, -0.1) is 0 Å². The predicted molar refractivity (Wildman–Crippen MR) is 102 cm³/mol. The zero-order valence-corrected chi connectivity index (χ0v) is 16.8. The molecule has 29 heavy (non-hydrogen) atoms. The number of carbonyl (C=O) groups excluding carboxylic acids is 5. The Hall–Kier alpha value is -2.65. The van der Waals surface area contributed by atoms with E-state index in [9.17, 15) is 24.0 Å². The molecule has 160 valence electrons. The van der Waals surface area contributed by atoms with Crippen molar-refractivity contribution in [3.05, 3.63) is 0 Å². The van der Waals surface area contributed by atoms with E-state index in [-0.39, 0.29) is 48.3 Å². The molecule has 2 N–H and O–H groups in total. The lowest BCUT2D eigenvalue weighted by atomic mass is 10.1. The Bertz CT molecular complexity index is 696. The third-order valence-corrected chi connectivity index (χ3v) is 5.83. The van der Waals surface area contributed by atoms with Crippen molar-refractivity contribution in [2.75, 3.05) is 52.9 Å². The van der Waals surface area contributed by atoms with E-state index in [1.807, 2.05) is 0 Å². The average molecular weight is 407 g/mol. The van der Waals surface area contributed by atoms with Gasteiger partial charge in [0.15, 0.2) is 0 Å². The molecule has 0 aromatic rings. The highest BCUT2D eigenvalue weighted by Crippen LogP contribution is 2.18. The molecule has 3 heterocycles. The van der Waals surface area contributed by atoms with E-state index in [1.165, 1.54) is 4.90 Å². The molecule has 0 aliphatic carbocycles. The number of nitrogens with one attached hydrogen (secondary N) is 2. The monoisotopic (exact) mass is 407 g/mol. The van der Waals surface area contributed by atoms with Crippen molar-refractivity contribution in [3.63, 3.8) is 0 Å². The van der Waals surface area contributed by atoms with Gasteiger partial charge in [-0.3, -0.25) is 24.0 Å². The molecule has 0 aromatic heterocycles. The van der Waals surface area contributed by atoms with Crippen LogP contribution in [0, 0.1) is 11.8 Å². The Morgan fingerprint density at radius 1 is 0.862 bits per heavy atom. The van der Waals surface area contributed by atoms with Crippen molar-refractivity contribution >= 4 is 29.5 Å². The highest BCUT2D eigenvalue weighted by atomic mass is 16.2. The number of likely N-dealkylation sites (tertiary alicyclic amines) is 3. The summed E-state index contributed by atoms with van der Waals surface area (Å²) in [6, 6.07) is 0. The molecular formula is C19H29N5O5. The third-order valence-electron chi connectivity index (χ3n) is 5.83. The molecule has 10 nitrogen and oxygen atoms in total. The van der Waals surface area contributed by atoms with Crippen LogP contribution in [0.1, 0.15) is 25.7 Å². The second-order valence-corrected chi connectivity index (χ2v) is 7.98. The first-order valence-electron chi connectivity index (χ1n) is 10.2. The van der Waals surface area contributed by atoms with E-state index in [0.717, 1.165) is 13.0 Å². The third kappa shape index (κ3) is 5.24. The van der Waals surface area contributed by atoms with E-state index in [4.69, 9.17) is 0 Å². The minimum absolute atomic E-state index is 0.0391. The van der Waals surface area contributed by atoms with Crippen LogP contribution in [-0.2, 0) is 24.0 Å². The molecule has 3 saturated heterocycles. The van der Waals surface area contributed by atoms with Crippen LogP contribution in [0.25, 0.3) is 0 Å². The summed E-state index contributed by atoms with van der Waals surface area (Å²) >= 11 is 0. The fourth-order valence-electron chi connectivity index (χ4n) is 4.06. The highest BCUT2D eigenvalue weighted by molar-refractivity contribution is 5.90. The standard InChI is InChI=1S/C19H29N5O5/c1-22-11-13(9-16(22)26)18(28)21-5-8-24-12-14(10-17(24)27)19(29)20-4-7-23-6-2-3-15(23)25/h13-14H,2-12H2,1H3,(H,20,29)(H,21,28). The second kappa shape index (κ2) is 9.23. The zero-order valence-electron chi connectivity index (χ0n) is 16.8. The van der Waals surface area contributed by atoms with Crippen LogP contribution in [0.3, 0.4) is 0 Å². The zero-order chi connectivity index (χ0) is 21.0. The summed E-state index contributed by atoms with van der Waals surface area (Å²) < 4.78 is 0. The lowest BCUT2D eigenvalue weighted by molar-refractivity contribution is -0.129. The van der Waals surface area contributed by atoms with Gasteiger partial charge in [0.2, 0.25) is 29.5 Å². The SMILES string of the molecule is CN1CC(C(=O)NCCN2CC(C(=O)NCCN3CCCC3=O)CC2=O)CC1=O. The van der Waals surface area contributed by atoms with Crippen LogP contribution < -0.4 is 10.6 Å². The molecule has 0 spiro atoms. The highest BCUT2D eigenvalue weighted by Gasteiger charge is 2.35. The molecule has 0 saturated carbocycles. The largest absolute Gasteiger partial charge is 0.354 e. The van der Waals surface area contributed by atoms with Crippen LogP contribution in [-0.4, -0.2) is 97.1 Å². The van der Waals surface area contributed by atoms with Gasteiger partial charge in [-0.2, -0.15) is 0 Å². The summed E-state index contributed by atoms with van der Waals surface area (Å²) in [4.78, 5) is 64.6. The van der Waals surface area contributed by atoms with Gasteiger partial charge >= 0.3 is 0 Å². The van der Waals surface area contributed by atoms with Gasteiger partial charge < -0.3 is 25.3 Å². The lowest BCUT2D eigenvalue weighted by Gasteiger charge is -2.18. The summed E-state index contributed by atoms with van der Waals surface area (Å²) in [7, 11) is 1.67. The van der Waals surface area contributed by atoms with Crippen molar-refractivity contribution in [3.8, 4) is 0 Å². The number of hydrogen-bond acceptors (Lipinski definition) is 5. The Kier molecular flexibility index (Phi) is 6.71. The van der Waals surface area contributed by atoms with Gasteiger partial charge in [0.05, 0.1) is 11.8 Å². The summed E-state index contributed by atoms with van der Waals surface area (Å²) in [6.45, 7) is 3.01. The van der Waals surface area contributed by atoms with E-state index < -0.39 is 5.92 Å². The van der Waals surface area contributed by atoms with Gasteiger partial charge in [-0.1, -0.05) is 0 Å². The molecule has 3 rings (SSSR count). The summed E-state index contributed by atoms with van der Waals surface area (Å²) in [5, 5.41) is 5.59. The fraction of sp³-hybridized carbons (Fsp3) is 0.737. The summed E-state index contributed by atoms with van der Waals surface area (Å²) in [5.74, 6) is -1.13. The first kappa shape index (κ1) is 21.1. The van der Waals surface area contributed by atoms with Gasteiger partial charge in [-0.05, 0) is 6.42 Å². The molecule has 3 aliphatic rings. The topological polar surface area (TPSA) is 119 Å². The maximum atomic E-state index is 12.3. The van der Waals surface area contributed by atoms with Gasteiger partial charge in [0.1, 0.15) is 0 Å². The molecule has 0 aromatic carbocycles. The first-order chi connectivity index (χ1) is 13.8. The summed E-state index contributed by atoms with van der Waals surface area (Å²) in [6.07, 6.45) is 1.81. The fourth-order valence-corrected chi connectivity index (χ4v) is 4.06. The molecule has 3 fully saturated rings. The number of carbonyl (C=O) groups is 5. The van der Waals surface area contributed by atoms with Crippen molar-refractivity contribution < 1.29 is 24.0 Å².